The van der Waals surface area contributed by atoms with Crippen molar-refractivity contribution in [1.29, 1.82) is 0 Å². The minimum absolute atomic E-state index is 0.0228. The SMILES string of the molecule is [2H][C@@]1(n2cc(F)c(=O)[nH]c2=O)O[C@](F)(COP2(=O)OCc3c(F)c(C(C)(C)C)cc(C(C)(C)C)c3O2)C[C@H]1O. The van der Waals surface area contributed by atoms with E-state index in [1.54, 1.807) is 11.1 Å². The molecule has 0 bridgehead atoms. The number of aliphatic hydroxyl groups excluding tert-OH is 1. The predicted molar refractivity (Wildman–Crippen MR) is 129 cm³/mol. The third-order valence-corrected chi connectivity index (χ3v) is 7.44. The molecule has 1 saturated heterocycles. The van der Waals surface area contributed by atoms with Crippen molar-refractivity contribution >= 4 is 7.82 Å². The zero-order chi connectivity index (χ0) is 29.3. The van der Waals surface area contributed by atoms with Crippen LogP contribution in [0, 0.1) is 11.6 Å². The molecule has 0 aliphatic carbocycles. The van der Waals surface area contributed by atoms with Crippen molar-refractivity contribution < 1.29 is 42.5 Å². The predicted octanol–water partition coefficient (Wildman–Crippen LogP) is 4.09. The Hall–Kier alpha value is -2.44. The number of aliphatic hydroxyl groups is 1. The van der Waals surface area contributed by atoms with Crippen LogP contribution in [-0.2, 0) is 35.8 Å². The van der Waals surface area contributed by atoms with E-state index in [0.29, 0.717) is 17.3 Å². The van der Waals surface area contributed by atoms with Crippen LogP contribution in [0.15, 0.2) is 21.9 Å². The number of hydrogen-bond acceptors (Lipinski definition) is 8. The van der Waals surface area contributed by atoms with Crippen LogP contribution in [0.3, 0.4) is 0 Å². The molecule has 1 aromatic carbocycles. The number of nitrogens with zero attached hydrogens (tertiary/aromatic N) is 1. The summed E-state index contributed by atoms with van der Waals surface area (Å²) in [5.41, 5.74) is -2.95. The van der Waals surface area contributed by atoms with Gasteiger partial charge >= 0.3 is 13.5 Å². The summed E-state index contributed by atoms with van der Waals surface area (Å²) < 4.78 is 87.5. The van der Waals surface area contributed by atoms with Gasteiger partial charge in [-0.1, -0.05) is 41.5 Å². The average molecular weight is 563 g/mol. The Kier molecular flexibility index (Phi) is 6.67. The highest BCUT2D eigenvalue weighted by Crippen LogP contribution is 2.58. The number of phosphoric acid groups is 1. The highest BCUT2D eigenvalue weighted by molar-refractivity contribution is 7.49. The van der Waals surface area contributed by atoms with Gasteiger partial charge in [0.05, 0.1) is 19.7 Å². The fourth-order valence-electron chi connectivity index (χ4n) is 4.14. The fourth-order valence-corrected chi connectivity index (χ4v) is 5.39. The number of ether oxygens (including phenoxy) is 1. The third kappa shape index (κ3) is 5.35. The van der Waals surface area contributed by atoms with Crippen LogP contribution in [0.25, 0.3) is 0 Å². The van der Waals surface area contributed by atoms with Gasteiger partial charge in [-0.15, -0.1) is 0 Å². The van der Waals surface area contributed by atoms with Gasteiger partial charge < -0.3 is 14.4 Å². The second-order valence-corrected chi connectivity index (χ2v) is 12.9. The molecule has 2 aromatic rings. The van der Waals surface area contributed by atoms with Crippen LogP contribution in [-0.4, -0.2) is 33.2 Å². The summed E-state index contributed by atoms with van der Waals surface area (Å²) >= 11 is 0. The van der Waals surface area contributed by atoms with E-state index in [9.17, 15) is 23.7 Å². The van der Waals surface area contributed by atoms with Gasteiger partial charge in [0.15, 0.2) is 6.20 Å². The van der Waals surface area contributed by atoms with Gasteiger partial charge in [0.2, 0.25) is 11.7 Å². The van der Waals surface area contributed by atoms with E-state index in [-0.39, 0.29) is 15.9 Å². The molecular formula is C24H30F3N2O8P. The second kappa shape index (κ2) is 9.34. The first-order chi connectivity index (χ1) is 17.7. The lowest BCUT2D eigenvalue weighted by Gasteiger charge is -2.34. The van der Waals surface area contributed by atoms with E-state index in [1.165, 1.54) is 0 Å². The van der Waals surface area contributed by atoms with Gasteiger partial charge in [0.1, 0.15) is 24.3 Å². The van der Waals surface area contributed by atoms with Crippen molar-refractivity contribution in [3.05, 3.63) is 61.4 Å². The molecule has 10 nitrogen and oxygen atoms in total. The van der Waals surface area contributed by atoms with Gasteiger partial charge in [-0.05, 0) is 22.5 Å². The zero-order valence-corrected chi connectivity index (χ0v) is 22.6. The molecule has 4 rings (SSSR count). The molecule has 2 aliphatic heterocycles. The topological polar surface area (TPSA) is 129 Å². The van der Waals surface area contributed by atoms with Crippen molar-refractivity contribution in [3.63, 3.8) is 0 Å². The molecule has 2 N–H and O–H groups in total. The third-order valence-electron chi connectivity index (χ3n) is 6.14. The molecule has 0 saturated carbocycles. The van der Waals surface area contributed by atoms with E-state index >= 15 is 8.78 Å². The normalized spacial score (nSPS) is 30.1. The zero-order valence-electron chi connectivity index (χ0n) is 22.7. The number of rotatable bonds is 4. The van der Waals surface area contributed by atoms with E-state index < -0.39 is 79.3 Å². The molecule has 38 heavy (non-hydrogen) atoms. The van der Waals surface area contributed by atoms with E-state index in [2.05, 4.69) is 0 Å². The Bertz CT molecular complexity index is 1480. The molecule has 2 aliphatic rings. The summed E-state index contributed by atoms with van der Waals surface area (Å²) in [6.07, 6.45) is -5.61. The van der Waals surface area contributed by atoms with Crippen LogP contribution in [0.1, 0.15) is 72.2 Å². The molecule has 0 radical (unpaired) electrons. The summed E-state index contributed by atoms with van der Waals surface area (Å²) in [4.78, 5) is 25.0. The van der Waals surface area contributed by atoms with Crippen LogP contribution in [0.5, 0.6) is 5.75 Å². The molecule has 1 fully saturated rings. The van der Waals surface area contributed by atoms with Crippen LogP contribution < -0.4 is 15.8 Å². The van der Waals surface area contributed by atoms with Crippen molar-refractivity contribution in [1.82, 2.24) is 9.55 Å². The van der Waals surface area contributed by atoms with Crippen LogP contribution in [0.4, 0.5) is 13.2 Å². The van der Waals surface area contributed by atoms with Crippen molar-refractivity contribution in [3.8, 4) is 5.75 Å². The summed E-state index contributed by atoms with van der Waals surface area (Å²) in [6, 6.07) is 1.62. The smallest absolute Gasteiger partial charge is 0.403 e. The fraction of sp³-hybridized carbons (Fsp3) is 0.583. The first-order valence-corrected chi connectivity index (χ1v) is 13.2. The summed E-state index contributed by atoms with van der Waals surface area (Å²) in [6.45, 7) is 9.32. The Morgan fingerprint density at radius 2 is 1.87 bits per heavy atom. The molecule has 1 unspecified atom stereocenters. The van der Waals surface area contributed by atoms with Crippen LogP contribution in [0.2, 0.25) is 0 Å². The van der Waals surface area contributed by atoms with E-state index in [1.807, 2.05) is 41.5 Å². The lowest BCUT2D eigenvalue weighted by Crippen LogP contribution is -2.37. The van der Waals surface area contributed by atoms with Crippen molar-refractivity contribution in [2.45, 2.75) is 83.6 Å². The number of alkyl halides is 1. The molecule has 14 heteroatoms. The number of hydrogen-bond donors (Lipinski definition) is 2. The van der Waals surface area contributed by atoms with Gasteiger partial charge in [-0.2, -0.15) is 4.39 Å². The summed E-state index contributed by atoms with van der Waals surface area (Å²) in [7, 11) is -4.58. The minimum atomic E-state index is -4.58. The molecule has 0 amide bonds. The Balaban J connectivity index is 1.61. The monoisotopic (exact) mass is 563 g/mol. The largest absolute Gasteiger partial charge is 0.530 e. The van der Waals surface area contributed by atoms with Crippen molar-refractivity contribution in [2.24, 2.45) is 0 Å². The number of fused-ring (bicyclic) bond motifs is 1. The first-order valence-electron chi connectivity index (χ1n) is 12.2. The number of phosphoric ester groups is 1. The molecule has 1 aromatic heterocycles. The minimum Gasteiger partial charge on any atom is -0.403 e. The summed E-state index contributed by atoms with van der Waals surface area (Å²) in [5.74, 6) is -5.16. The number of halogens is 3. The first kappa shape index (κ1) is 27.1. The average Bonchev–Trinajstić information content (AvgIpc) is 3.02. The quantitative estimate of drug-likeness (QED) is 0.533. The molecular weight excluding hydrogens is 532 g/mol. The van der Waals surface area contributed by atoms with E-state index in [4.69, 9.17) is 19.7 Å². The standard InChI is InChI=1S/C24H30F3N2O8P/c1-22(2,3)13-7-14(23(4,5)6)18-12(17(13)26)10-34-38(33,37-18)35-11-24(27)8-16(30)20(36-24)29-9-15(25)19(31)28-21(29)32/h7,9,16,20,30H,8,10-11H2,1-6H3,(H,28,31,32)/t16-,20-,24+,38?/m1/s1/i20D. The number of H-pyrrole nitrogens is 1. The van der Waals surface area contributed by atoms with Crippen LogP contribution >= 0.6 is 7.82 Å². The van der Waals surface area contributed by atoms with Gasteiger partial charge in [-0.25, -0.2) is 18.1 Å². The molecule has 210 valence electrons. The summed E-state index contributed by atoms with van der Waals surface area (Å²) in [5, 5.41) is 10.3. The molecule has 3 heterocycles. The number of benzene rings is 1. The lowest BCUT2D eigenvalue weighted by molar-refractivity contribution is -0.179. The van der Waals surface area contributed by atoms with Gasteiger partial charge in [0.25, 0.3) is 5.56 Å². The van der Waals surface area contributed by atoms with Crippen molar-refractivity contribution in [2.75, 3.05) is 6.61 Å². The highest BCUT2D eigenvalue weighted by atomic mass is 31.2. The Labute approximate surface area is 217 Å². The van der Waals surface area contributed by atoms with E-state index in [0.717, 1.165) is 0 Å². The maximum atomic E-state index is 15.6. The Morgan fingerprint density at radius 3 is 2.47 bits per heavy atom. The molecule has 0 spiro atoms. The number of aromatic amines is 1. The molecule has 4 atom stereocenters. The number of nitrogens with one attached hydrogen (secondary N) is 1. The lowest BCUT2D eigenvalue weighted by atomic mass is 9.78. The van der Waals surface area contributed by atoms with Gasteiger partial charge in [-0.3, -0.25) is 23.4 Å². The Morgan fingerprint density at radius 1 is 1.24 bits per heavy atom. The maximum absolute atomic E-state index is 15.6. The highest BCUT2D eigenvalue weighted by Gasteiger charge is 2.51. The second-order valence-electron chi connectivity index (χ2n) is 11.3. The maximum Gasteiger partial charge on any atom is 0.530 e. The number of aromatic nitrogens is 2. The van der Waals surface area contributed by atoms with Gasteiger partial charge in [0, 0.05) is 12.0 Å².